The highest BCUT2D eigenvalue weighted by atomic mass is 35.5. The molecule has 0 saturated carbocycles. The van der Waals surface area contributed by atoms with Crippen LogP contribution < -0.4 is 0 Å². The highest BCUT2D eigenvalue weighted by Gasteiger charge is 1.80. The van der Waals surface area contributed by atoms with Gasteiger partial charge in [-0.2, -0.15) is 5.26 Å². The zero-order valence-electron chi connectivity index (χ0n) is 3.85. The first-order chi connectivity index (χ1) is 3.41. The normalized spacial score (nSPS) is 8.00. The van der Waals surface area contributed by atoms with E-state index in [9.17, 15) is 0 Å². The summed E-state index contributed by atoms with van der Waals surface area (Å²) in [7, 11) is 0. The average Bonchev–Trinajstić information content (AvgIpc) is 1.69. The largest absolute Gasteiger partial charge is 0.197 e. The molecule has 0 spiro atoms. The topological polar surface area (TPSA) is 23.8 Å². The Morgan fingerprint density at radius 3 is 2.86 bits per heavy atom. The maximum Gasteiger partial charge on any atom is 0.0808 e. The van der Waals surface area contributed by atoms with Gasteiger partial charge >= 0.3 is 0 Å². The van der Waals surface area contributed by atoms with E-state index in [1.807, 2.05) is 6.07 Å². The van der Waals surface area contributed by atoms with Crippen LogP contribution in [0.15, 0.2) is 0 Å². The molecule has 0 aliphatic heterocycles. The predicted octanol–water partition coefficient (Wildman–Crippen LogP) is 1.48. The molecule has 0 unspecified atom stereocenters. The van der Waals surface area contributed by atoms with Gasteiger partial charge in [0.2, 0.25) is 0 Å². The Hall–Kier alpha value is 0.130. The molecule has 0 rings (SSSR count). The number of rotatable bonds is 3. The van der Waals surface area contributed by atoms with E-state index in [4.69, 9.17) is 16.9 Å². The van der Waals surface area contributed by atoms with Crippen molar-refractivity contribution in [3.05, 3.63) is 0 Å². The van der Waals surface area contributed by atoms with Gasteiger partial charge in [-0.05, 0) is 0 Å². The zero-order valence-corrected chi connectivity index (χ0v) is 5.43. The summed E-state index contributed by atoms with van der Waals surface area (Å²) >= 11 is 6.87. The van der Waals surface area contributed by atoms with Crippen molar-refractivity contribution in [2.75, 3.05) is 17.4 Å². The van der Waals surface area contributed by atoms with E-state index in [-0.39, 0.29) is 0 Å². The van der Waals surface area contributed by atoms with Crippen molar-refractivity contribution in [1.82, 2.24) is 0 Å². The van der Waals surface area contributed by atoms with Gasteiger partial charge in [-0.1, -0.05) is 0 Å². The minimum absolute atomic E-state index is 0.562. The SMILES string of the molecule is N#CCSCCCl. The third kappa shape index (κ3) is 6.13. The summed E-state index contributed by atoms with van der Waals surface area (Å²) < 4.78 is 0. The van der Waals surface area contributed by atoms with Gasteiger partial charge in [0.1, 0.15) is 0 Å². The molecule has 0 heterocycles. The van der Waals surface area contributed by atoms with Gasteiger partial charge in [-0.3, -0.25) is 0 Å². The molecule has 0 fully saturated rings. The molecule has 0 N–H and O–H groups in total. The van der Waals surface area contributed by atoms with Crippen LogP contribution in [0, 0.1) is 11.3 Å². The molecule has 0 aliphatic rings. The van der Waals surface area contributed by atoms with Crippen molar-refractivity contribution in [3.63, 3.8) is 0 Å². The number of thioether (sulfide) groups is 1. The minimum atomic E-state index is 0.562. The number of alkyl halides is 1. The van der Waals surface area contributed by atoms with Crippen LogP contribution >= 0.6 is 23.4 Å². The van der Waals surface area contributed by atoms with E-state index in [2.05, 4.69) is 0 Å². The van der Waals surface area contributed by atoms with Crippen LogP contribution in [0.4, 0.5) is 0 Å². The molecule has 3 heteroatoms. The van der Waals surface area contributed by atoms with Crippen LogP contribution in [-0.4, -0.2) is 17.4 Å². The van der Waals surface area contributed by atoms with Crippen molar-refractivity contribution in [1.29, 1.82) is 5.26 Å². The molecule has 0 atom stereocenters. The molecule has 0 aromatic carbocycles. The molecule has 0 aromatic heterocycles. The molecule has 1 nitrogen and oxygen atoms in total. The third-order valence-corrected chi connectivity index (χ3v) is 1.63. The molecule has 0 bridgehead atoms. The number of nitrogens with zero attached hydrogens (tertiary/aromatic N) is 1. The second-order valence-electron chi connectivity index (χ2n) is 0.900. The first kappa shape index (κ1) is 7.13. The number of hydrogen-bond donors (Lipinski definition) is 0. The first-order valence-corrected chi connectivity index (χ1v) is 3.61. The summed E-state index contributed by atoms with van der Waals surface area (Å²) in [6, 6.07) is 2.01. The Balaban J connectivity index is 2.60. The maximum atomic E-state index is 7.98. The minimum Gasteiger partial charge on any atom is -0.197 e. The predicted molar refractivity (Wildman–Crippen MR) is 33.7 cm³/mol. The van der Waals surface area contributed by atoms with Crippen LogP contribution in [0.5, 0.6) is 0 Å². The van der Waals surface area contributed by atoms with Gasteiger partial charge < -0.3 is 0 Å². The van der Waals surface area contributed by atoms with E-state index in [0.717, 1.165) is 5.75 Å². The maximum absolute atomic E-state index is 7.98. The van der Waals surface area contributed by atoms with Gasteiger partial charge in [0.25, 0.3) is 0 Å². The Labute approximate surface area is 52.7 Å². The highest BCUT2D eigenvalue weighted by molar-refractivity contribution is 7.99. The first-order valence-electron chi connectivity index (χ1n) is 1.92. The van der Waals surface area contributed by atoms with Crippen LogP contribution in [0.1, 0.15) is 0 Å². The van der Waals surface area contributed by atoms with Crippen LogP contribution in [0.2, 0.25) is 0 Å². The van der Waals surface area contributed by atoms with Crippen molar-refractivity contribution in [2.45, 2.75) is 0 Å². The van der Waals surface area contributed by atoms with E-state index >= 15 is 0 Å². The molecular formula is C4H6ClNS. The number of hydrogen-bond acceptors (Lipinski definition) is 2. The lowest BCUT2D eigenvalue weighted by atomic mass is 10.9. The molecule has 0 amide bonds. The van der Waals surface area contributed by atoms with Crippen molar-refractivity contribution >= 4 is 23.4 Å². The fourth-order valence-corrected chi connectivity index (χ4v) is 0.844. The molecular weight excluding hydrogens is 130 g/mol. The van der Waals surface area contributed by atoms with E-state index in [1.165, 1.54) is 0 Å². The van der Waals surface area contributed by atoms with E-state index in [1.54, 1.807) is 11.8 Å². The van der Waals surface area contributed by atoms with Gasteiger partial charge in [-0.25, -0.2) is 0 Å². The Morgan fingerprint density at radius 1 is 1.71 bits per heavy atom. The Morgan fingerprint density at radius 2 is 2.43 bits per heavy atom. The second-order valence-corrected chi connectivity index (χ2v) is 2.38. The molecule has 0 saturated heterocycles. The average molecular weight is 136 g/mol. The monoisotopic (exact) mass is 135 g/mol. The number of halogens is 1. The lowest BCUT2D eigenvalue weighted by Crippen LogP contribution is -1.78. The van der Waals surface area contributed by atoms with E-state index in [0.29, 0.717) is 11.6 Å². The summed E-state index contributed by atoms with van der Waals surface area (Å²) in [5.74, 6) is 2.09. The summed E-state index contributed by atoms with van der Waals surface area (Å²) in [5, 5.41) is 7.98. The van der Waals surface area contributed by atoms with Crippen molar-refractivity contribution in [3.8, 4) is 6.07 Å². The van der Waals surface area contributed by atoms with Gasteiger partial charge in [0, 0.05) is 11.6 Å². The molecule has 7 heavy (non-hydrogen) atoms. The lowest BCUT2D eigenvalue weighted by Gasteiger charge is -1.84. The summed E-state index contributed by atoms with van der Waals surface area (Å²) in [6.07, 6.45) is 0. The van der Waals surface area contributed by atoms with E-state index < -0.39 is 0 Å². The Kier molecular flexibility index (Phi) is 6.24. The standard InChI is InChI=1S/C4H6ClNS/c5-1-3-7-4-2-6/h1,3-4H2. The van der Waals surface area contributed by atoms with Gasteiger partial charge in [0.05, 0.1) is 11.8 Å². The third-order valence-electron chi connectivity index (χ3n) is 0.388. The molecule has 0 aliphatic carbocycles. The smallest absolute Gasteiger partial charge is 0.0808 e. The van der Waals surface area contributed by atoms with Crippen molar-refractivity contribution in [2.24, 2.45) is 0 Å². The van der Waals surface area contributed by atoms with Gasteiger partial charge in [-0.15, -0.1) is 23.4 Å². The fourth-order valence-electron chi connectivity index (χ4n) is 0.172. The Bertz CT molecular complexity index is 68.6. The summed E-state index contributed by atoms with van der Waals surface area (Å²) in [5.41, 5.74) is 0. The van der Waals surface area contributed by atoms with Crippen molar-refractivity contribution < 1.29 is 0 Å². The molecule has 40 valence electrons. The quantitative estimate of drug-likeness (QED) is 0.433. The fraction of sp³-hybridized carbons (Fsp3) is 0.750. The number of nitriles is 1. The van der Waals surface area contributed by atoms with Crippen LogP contribution in [0.3, 0.4) is 0 Å². The molecule has 0 aromatic rings. The van der Waals surface area contributed by atoms with Crippen LogP contribution in [-0.2, 0) is 0 Å². The van der Waals surface area contributed by atoms with Gasteiger partial charge in [0.15, 0.2) is 0 Å². The summed E-state index contributed by atoms with van der Waals surface area (Å²) in [4.78, 5) is 0. The zero-order chi connectivity index (χ0) is 5.54. The second kappa shape index (κ2) is 6.13. The van der Waals surface area contributed by atoms with Crippen LogP contribution in [0.25, 0.3) is 0 Å². The summed E-state index contributed by atoms with van der Waals surface area (Å²) in [6.45, 7) is 0. The highest BCUT2D eigenvalue weighted by Crippen LogP contribution is 1.97. The lowest BCUT2D eigenvalue weighted by molar-refractivity contribution is 1.48. The molecule has 0 radical (unpaired) electrons.